The Bertz CT molecular complexity index is 1540. The lowest BCUT2D eigenvalue weighted by atomic mass is 9.96. The summed E-state index contributed by atoms with van der Waals surface area (Å²) in [6.07, 6.45) is -15.6. The molecule has 0 bridgehead atoms. The van der Waals surface area contributed by atoms with Crippen molar-refractivity contribution in [1.29, 1.82) is 0 Å². The Labute approximate surface area is 241 Å². The molecule has 0 radical (unpaired) electrons. The van der Waals surface area contributed by atoms with E-state index in [9.17, 15) is 55.9 Å². The maximum absolute atomic E-state index is 12.6. The number of phenolic OH excluding ortho intramolecular Hbond substituents is 3. The lowest BCUT2D eigenvalue weighted by molar-refractivity contribution is -0.448. The molecule has 2 aromatic carbocycles. The SMILES string of the molecule is CC1OC(OC2C(O)C(O)C(CO)OC2(O)Oc2ccc(-c3cc(=O)c4c(O)cc(O)cc4o3)cc2O)C(O)C(O)C1O. The molecule has 234 valence electrons. The molecule has 3 heterocycles. The van der Waals surface area contributed by atoms with Gasteiger partial charge in [0.25, 0.3) is 0 Å². The molecule has 2 fully saturated rings. The summed E-state index contributed by atoms with van der Waals surface area (Å²) in [5.41, 5.74) is -0.688. The number of hydrogen-bond acceptors (Lipinski definition) is 16. The second-order valence-corrected chi connectivity index (χ2v) is 10.3. The summed E-state index contributed by atoms with van der Waals surface area (Å²) in [5, 5.41) is 103. The summed E-state index contributed by atoms with van der Waals surface area (Å²) in [7, 11) is 0. The molecular formula is C27H30O16. The van der Waals surface area contributed by atoms with Crippen molar-refractivity contribution >= 4 is 11.0 Å². The molecule has 2 aliphatic rings. The molecule has 10 unspecified atom stereocenters. The molecule has 0 spiro atoms. The van der Waals surface area contributed by atoms with E-state index in [1.165, 1.54) is 13.0 Å². The van der Waals surface area contributed by atoms with Gasteiger partial charge in [-0.15, -0.1) is 0 Å². The fourth-order valence-corrected chi connectivity index (χ4v) is 4.94. The maximum Gasteiger partial charge on any atom is 0.355 e. The first kappa shape index (κ1) is 30.9. The summed E-state index contributed by atoms with van der Waals surface area (Å²) in [6, 6.07) is 6.56. The van der Waals surface area contributed by atoms with Crippen LogP contribution in [-0.2, 0) is 14.2 Å². The van der Waals surface area contributed by atoms with Gasteiger partial charge in [0.2, 0.25) is 0 Å². The number of aromatic hydroxyl groups is 3. The van der Waals surface area contributed by atoms with Crippen LogP contribution < -0.4 is 10.2 Å². The number of phenols is 3. The summed E-state index contributed by atoms with van der Waals surface area (Å²) >= 11 is 0. The van der Waals surface area contributed by atoms with Crippen LogP contribution >= 0.6 is 0 Å². The quantitative estimate of drug-likeness (QED) is 0.134. The van der Waals surface area contributed by atoms with Gasteiger partial charge in [0.15, 0.2) is 29.3 Å². The number of hydrogen-bond donors (Lipinski definition) is 10. The van der Waals surface area contributed by atoms with Gasteiger partial charge in [-0.1, -0.05) is 0 Å². The highest BCUT2D eigenvalue weighted by Crippen LogP contribution is 2.40. The third-order valence-electron chi connectivity index (χ3n) is 7.28. The normalized spacial score (nSPS) is 34.7. The number of aliphatic hydroxyl groups excluding tert-OH is 6. The van der Waals surface area contributed by atoms with E-state index in [4.69, 9.17) is 23.4 Å². The molecular weight excluding hydrogens is 580 g/mol. The van der Waals surface area contributed by atoms with Crippen LogP contribution in [0.5, 0.6) is 23.0 Å². The zero-order valence-electron chi connectivity index (χ0n) is 22.3. The van der Waals surface area contributed by atoms with E-state index in [1.54, 1.807) is 0 Å². The zero-order valence-corrected chi connectivity index (χ0v) is 22.3. The van der Waals surface area contributed by atoms with Crippen LogP contribution in [0.4, 0.5) is 0 Å². The second kappa shape index (κ2) is 11.5. The number of aliphatic hydroxyl groups is 7. The van der Waals surface area contributed by atoms with Gasteiger partial charge in [-0.05, 0) is 25.1 Å². The molecule has 5 rings (SSSR count). The molecule has 3 aromatic rings. The predicted molar refractivity (Wildman–Crippen MR) is 140 cm³/mol. The minimum Gasteiger partial charge on any atom is -0.508 e. The summed E-state index contributed by atoms with van der Waals surface area (Å²) in [4.78, 5) is 12.6. The van der Waals surface area contributed by atoms with Crippen molar-refractivity contribution in [3.8, 4) is 34.3 Å². The van der Waals surface area contributed by atoms with Gasteiger partial charge >= 0.3 is 5.97 Å². The molecule has 2 saturated heterocycles. The van der Waals surface area contributed by atoms with Crippen molar-refractivity contribution in [3.63, 3.8) is 0 Å². The van der Waals surface area contributed by atoms with Crippen LogP contribution in [0.3, 0.4) is 0 Å². The molecule has 43 heavy (non-hydrogen) atoms. The van der Waals surface area contributed by atoms with Crippen molar-refractivity contribution < 1.29 is 74.4 Å². The highest BCUT2D eigenvalue weighted by atomic mass is 16.9. The highest BCUT2D eigenvalue weighted by Gasteiger charge is 2.59. The molecule has 16 heteroatoms. The molecule has 2 aliphatic heterocycles. The number of benzene rings is 2. The number of ether oxygens (including phenoxy) is 4. The van der Waals surface area contributed by atoms with Crippen LogP contribution in [0.2, 0.25) is 0 Å². The highest BCUT2D eigenvalue weighted by molar-refractivity contribution is 5.86. The summed E-state index contributed by atoms with van der Waals surface area (Å²) < 4.78 is 27.2. The van der Waals surface area contributed by atoms with Gasteiger partial charge in [-0.3, -0.25) is 4.79 Å². The van der Waals surface area contributed by atoms with E-state index in [1.807, 2.05) is 0 Å². The molecule has 0 amide bonds. The van der Waals surface area contributed by atoms with Crippen molar-refractivity contribution in [2.45, 2.75) is 68.0 Å². The van der Waals surface area contributed by atoms with Gasteiger partial charge in [0.1, 0.15) is 64.9 Å². The van der Waals surface area contributed by atoms with Crippen LogP contribution in [-0.4, -0.2) is 119 Å². The summed E-state index contributed by atoms with van der Waals surface area (Å²) in [6.45, 7) is 0.448. The van der Waals surface area contributed by atoms with Crippen molar-refractivity contribution in [2.75, 3.05) is 6.61 Å². The van der Waals surface area contributed by atoms with E-state index in [2.05, 4.69) is 0 Å². The van der Waals surface area contributed by atoms with Gasteiger partial charge < -0.3 is 74.4 Å². The summed E-state index contributed by atoms with van der Waals surface area (Å²) in [5.74, 6) is -5.18. The molecule has 0 aliphatic carbocycles. The Morgan fingerprint density at radius 3 is 2.28 bits per heavy atom. The van der Waals surface area contributed by atoms with Crippen molar-refractivity contribution in [2.24, 2.45) is 0 Å². The maximum atomic E-state index is 12.6. The van der Waals surface area contributed by atoms with E-state index in [0.29, 0.717) is 0 Å². The molecule has 16 nitrogen and oxygen atoms in total. The molecule has 10 N–H and O–H groups in total. The van der Waals surface area contributed by atoms with E-state index in [-0.39, 0.29) is 28.0 Å². The minimum atomic E-state index is -3.07. The molecule has 1 aromatic heterocycles. The second-order valence-electron chi connectivity index (χ2n) is 10.3. The predicted octanol–water partition coefficient (Wildman–Crippen LogP) is -2.07. The van der Waals surface area contributed by atoms with Gasteiger partial charge in [-0.2, -0.15) is 0 Å². The monoisotopic (exact) mass is 610 g/mol. The first-order chi connectivity index (χ1) is 20.2. The molecule has 10 atom stereocenters. The van der Waals surface area contributed by atoms with Crippen molar-refractivity contribution in [3.05, 3.63) is 46.6 Å². The number of rotatable bonds is 6. The Morgan fingerprint density at radius 1 is 0.884 bits per heavy atom. The largest absolute Gasteiger partial charge is 0.508 e. The smallest absolute Gasteiger partial charge is 0.355 e. The lowest BCUT2D eigenvalue weighted by Gasteiger charge is -2.48. The van der Waals surface area contributed by atoms with Crippen LogP contribution in [0.15, 0.2) is 45.6 Å². The third-order valence-corrected chi connectivity index (χ3v) is 7.28. The first-order valence-corrected chi connectivity index (χ1v) is 13.0. The average Bonchev–Trinajstić information content (AvgIpc) is 2.95. The lowest BCUT2D eigenvalue weighted by Crippen LogP contribution is -2.70. The average molecular weight is 611 g/mol. The van der Waals surface area contributed by atoms with Crippen LogP contribution in [0, 0.1) is 0 Å². The standard InChI is InChI=1S/C27H30O16/c1-9-20(33)22(35)24(37)26(39-9)41-25-23(36)21(34)18(8-28)43-27(25,38)42-15-3-2-10(4-12(15)30)16-7-14(32)19-13(31)5-11(29)6-17(19)40-16/h2-7,9,18,20-26,28-31,33-38H,8H2,1H3. The first-order valence-electron chi connectivity index (χ1n) is 13.0. The van der Waals surface area contributed by atoms with E-state index in [0.717, 1.165) is 30.3 Å². The van der Waals surface area contributed by atoms with Gasteiger partial charge in [-0.25, -0.2) is 0 Å². The van der Waals surface area contributed by atoms with E-state index >= 15 is 0 Å². The third kappa shape index (κ3) is 5.61. The Morgan fingerprint density at radius 2 is 1.60 bits per heavy atom. The van der Waals surface area contributed by atoms with E-state index < -0.39 is 90.4 Å². The zero-order chi connectivity index (χ0) is 31.4. The Balaban J connectivity index is 1.46. The Kier molecular flexibility index (Phi) is 8.27. The molecule has 0 saturated carbocycles. The van der Waals surface area contributed by atoms with Crippen molar-refractivity contribution in [1.82, 2.24) is 0 Å². The fourth-order valence-electron chi connectivity index (χ4n) is 4.94. The van der Waals surface area contributed by atoms with Gasteiger partial charge in [0, 0.05) is 23.8 Å². The topological polar surface area (TPSA) is 269 Å². The fraction of sp³-hybridized carbons (Fsp3) is 0.444. The van der Waals surface area contributed by atoms with Crippen LogP contribution in [0.1, 0.15) is 6.92 Å². The number of fused-ring (bicyclic) bond motifs is 1. The van der Waals surface area contributed by atoms with Crippen LogP contribution in [0.25, 0.3) is 22.3 Å². The minimum absolute atomic E-state index is 0.0876. The Hall–Kier alpha value is -3.55. The van der Waals surface area contributed by atoms with Gasteiger partial charge in [0.05, 0.1) is 12.7 Å².